The zero-order chi connectivity index (χ0) is 35.1. The number of pyridine rings is 1. The van der Waals surface area contributed by atoms with Gasteiger partial charge in [-0.2, -0.15) is 0 Å². The summed E-state index contributed by atoms with van der Waals surface area (Å²) in [5.74, 6) is -1.37. The maximum absolute atomic E-state index is 13.9. The van der Waals surface area contributed by atoms with Crippen molar-refractivity contribution in [1.82, 2.24) is 9.88 Å². The molecule has 50 heavy (non-hydrogen) atoms. The van der Waals surface area contributed by atoms with Crippen LogP contribution in [0.2, 0.25) is 5.02 Å². The molecular weight excluding hydrogens is 656 g/mol. The molecule has 1 unspecified atom stereocenters. The van der Waals surface area contributed by atoms with Crippen LogP contribution in [-0.4, -0.2) is 52.1 Å². The minimum atomic E-state index is -2.57. The molecule has 0 bridgehead atoms. The number of nitrogens with zero attached hydrogens (tertiary/aromatic N) is 2. The van der Waals surface area contributed by atoms with E-state index in [0.717, 1.165) is 49.8 Å². The van der Waals surface area contributed by atoms with Gasteiger partial charge in [0.05, 0.1) is 6.61 Å². The van der Waals surface area contributed by atoms with E-state index in [9.17, 15) is 18.7 Å². The number of hydrogen-bond donors (Lipinski definition) is 2. The molecule has 3 aromatic rings. The number of rotatable bonds is 10. The van der Waals surface area contributed by atoms with E-state index in [1.54, 1.807) is 12.1 Å². The van der Waals surface area contributed by atoms with Crippen molar-refractivity contribution in [3.8, 4) is 5.75 Å². The van der Waals surface area contributed by atoms with Crippen molar-refractivity contribution in [1.29, 1.82) is 0 Å². The Balaban J connectivity index is 1.13. The lowest BCUT2D eigenvalue weighted by Crippen LogP contribution is -2.53. The number of aliphatic carboxylic acids is 1. The first-order valence-corrected chi connectivity index (χ1v) is 18.9. The number of alkyl halides is 2. The van der Waals surface area contributed by atoms with Crippen LogP contribution in [0.1, 0.15) is 106 Å². The minimum absolute atomic E-state index is 0.0952. The summed E-state index contributed by atoms with van der Waals surface area (Å²) in [4.78, 5) is 19.8. The summed E-state index contributed by atoms with van der Waals surface area (Å²) in [5, 5.41) is 14.6. The summed E-state index contributed by atoms with van der Waals surface area (Å²) in [6.07, 6.45) is 9.39. The molecule has 0 amide bonds. The molecule has 0 radical (unpaired) electrons. The van der Waals surface area contributed by atoms with Crippen molar-refractivity contribution in [3.05, 3.63) is 87.7 Å². The van der Waals surface area contributed by atoms with Crippen LogP contribution < -0.4 is 10.1 Å². The first-order valence-electron chi connectivity index (χ1n) is 18.6. The minimum Gasteiger partial charge on any atom is -0.493 e. The third-order valence-electron chi connectivity index (χ3n) is 12.4. The Labute approximate surface area is 300 Å². The number of aryl methyl sites for hydroxylation is 1. The van der Waals surface area contributed by atoms with Crippen molar-refractivity contribution in [2.24, 2.45) is 11.8 Å². The Morgan fingerprint density at radius 2 is 1.88 bits per heavy atom. The Morgan fingerprint density at radius 3 is 2.62 bits per heavy atom. The van der Waals surface area contributed by atoms with Crippen LogP contribution in [0.15, 0.2) is 54.7 Å². The number of likely N-dealkylation sites (tertiary alicyclic amines) is 1. The van der Waals surface area contributed by atoms with Gasteiger partial charge < -0.3 is 15.2 Å². The predicted molar refractivity (Wildman–Crippen MR) is 194 cm³/mol. The van der Waals surface area contributed by atoms with Crippen molar-refractivity contribution < 1.29 is 23.4 Å². The second-order valence-electron chi connectivity index (χ2n) is 15.8. The van der Waals surface area contributed by atoms with Gasteiger partial charge in [0.1, 0.15) is 11.3 Å². The van der Waals surface area contributed by atoms with E-state index in [-0.39, 0.29) is 18.3 Å². The normalized spacial score (nSPS) is 28.1. The quantitative estimate of drug-likeness (QED) is 0.219. The van der Waals surface area contributed by atoms with Crippen LogP contribution in [0, 0.1) is 11.8 Å². The number of ether oxygens (including phenoxy) is 1. The molecule has 2 fully saturated rings. The Kier molecular flexibility index (Phi) is 9.90. The molecule has 6 nitrogen and oxygen atoms in total. The highest BCUT2D eigenvalue weighted by molar-refractivity contribution is 6.30. The molecule has 1 spiro atoms. The van der Waals surface area contributed by atoms with E-state index in [2.05, 4.69) is 47.2 Å². The lowest BCUT2D eigenvalue weighted by molar-refractivity contribution is -0.144. The number of halogens is 3. The number of fused-ring (bicyclic) bond motifs is 3. The monoisotopic (exact) mass is 705 g/mol. The fourth-order valence-corrected chi connectivity index (χ4v) is 9.73. The number of benzene rings is 2. The van der Waals surface area contributed by atoms with Gasteiger partial charge in [-0.1, -0.05) is 49.7 Å². The van der Waals surface area contributed by atoms with E-state index in [0.29, 0.717) is 67.5 Å². The topological polar surface area (TPSA) is 74.7 Å². The highest BCUT2D eigenvalue weighted by Crippen LogP contribution is 2.56. The van der Waals surface area contributed by atoms with Crippen LogP contribution in [-0.2, 0) is 29.6 Å². The molecule has 3 atom stereocenters. The average molecular weight is 706 g/mol. The largest absolute Gasteiger partial charge is 0.493 e. The van der Waals surface area contributed by atoms with Crippen molar-refractivity contribution in [2.45, 2.75) is 114 Å². The molecule has 268 valence electrons. The lowest BCUT2D eigenvalue weighted by Gasteiger charge is -2.47. The molecule has 1 saturated carbocycles. The van der Waals surface area contributed by atoms with Gasteiger partial charge in [-0.05, 0) is 122 Å². The van der Waals surface area contributed by atoms with Gasteiger partial charge in [0.15, 0.2) is 0 Å². The highest BCUT2D eigenvalue weighted by Gasteiger charge is 2.54. The molecular formula is C41H50ClF2N3O3. The average Bonchev–Trinajstić information content (AvgIpc) is 3.37. The number of carboxylic acid groups (broad SMARTS) is 1. The molecule has 2 N–H and O–H groups in total. The summed E-state index contributed by atoms with van der Waals surface area (Å²) in [6.45, 7) is 6.60. The van der Waals surface area contributed by atoms with E-state index in [1.807, 2.05) is 24.4 Å². The fraction of sp³-hybridized carbons (Fsp3) is 0.561. The van der Waals surface area contributed by atoms with Gasteiger partial charge in [0.25, 0.3) is 5.92 Å². The highest BCUT2D eigenvalue weighted by atomic mass is 35.5. The van der Waals surface area contributed by atoms with E-state index in [4.69, 9.17) is 16.3 Å². The van der Waals surface area contributed by atoms with Crippen LogP contribution in [0.5, 0.6) is 5.75 Å². The van der Waals surface area contributed by atoms with Crippen LogP contribution >= 0.6 is 11.6 Å². The van der Waals surface area contributed by atoms with Gasteiger partial charge in [0.2, 0.25) is 0 Å². The number of anilines is 1. The molecule has 3 aliphatic carbocycles. The SMILES string of the molecule is C[C@@H](COc1ccnc2c1[C@H](C)CCC2)CC1Cc2ccc(CN3CCC(F)(F)CC3)cc2C12CCC(Nc1cccc(Cl)c1)(C(=O)O)CC2. The number of aromatic nitrogens is 1. The van der Waals surface area contributed by atoms with Crippen molar-refractivity contribution in [2.75, 3.05) is 25.0 Å². The second-order valence-corrected chi connectivity index (χ2v) is 16.3. The predicted octanol–water partition coefficient (Wildman–Crippen LogP) is 9.43. The number of hydrogen-bond acceptors (Lipinski definition) is 5. The zero-order valence-corrected chi connectivity index (χ0v) is 30.1. The fourth-order valence-electron chi connectivity index (χ4n) is 9.54. The lowest BCUT2D eigenvalue weighted by atomic mass is 9.59. The number of piperidine rings is 1. The van der Waals surface area contributed by atoms with E-state index >= 15 is 0 Å². The first-order chi connectivity index (χ1) is 24.0. The van der Waals surface area contributed by atoms with Crippen LogP contribution in [0.3, 0.4) is 0 Å². The number of nitrogens with one attached hydrogen (secondary N) is 1. The van der Waals surface area contributed by atoms with Crippen molar-refractivity contribution >= 4 is 23.3 Å². The number of carboxylic acids is 1. The molecule has 4 aliphatic rings. The van der Waals surface area contributed by atoms with E-state index in [1.165, 1.54) is 28.8 Å². The Hall–Kier alpha value is -3.23. The molecule has 9 heteroatoms. The molecule has 1 saturated heterocycles. The molecule has 1 aliphatic heterocycles. The first kappa shape index (κ1) is 35.2. The summed E-state index contributed by atoms with van der Waals surface area (Å²) < 4.78 is 34.4. The number of carbonyl (C=O) groups is 1. The summed E-state index contributed by atoms with van der Waals surface area (Å²) in [6, 6.07) is 16.1. The molecule has 1 aromatic heterocycles. The van der Waals surface area contributed by atoms with Gasteiger partial charge >= 0.3 is 5.97 Å². The Morgan fingerprint density at radius 1 is 1.10 bits per heavy atom. The standard InChI is InChI=1S/C41H50ClF2N3O3/c1-27(26-50-36-11-18-45-35-8-3-5-28(2)37(35)36)21-31-23-30-10-9-29(25-47-19-16-41(43,44)17-20-47)22-34(30)39(31)12-14-40(15-13-39,38(48)49)46-33-7-4-6-32(42)24-33/h4,6-7,9-11,18,22,24,27-28,31,46H,3,5,8,12-17,19-21,23,25-26H2,1-2H3,(H,48,49)/t27-,28-,31?,39?,40?/m1/s1. The smallest absolute Gasteiger partial charge is 0.329 e. The third kappa shape index (κ3) is 7.12. The molecule has 2 heterocycles. The molecule has 2 aromatic carbocycles. The zero-order valence-electron chi connectivity index (χ0n) is 29.3. The van der Waals surface area contributed by atoms with Gasteiger partial charge in [0, 0.05) is 60.6 Å². The summed E-state index contributed by atoms with van der Waals surface area (Å²) in [7, 11) is 0. The summed E-state index contributed by atoms with van der Waals surface area (Å²) >= 11 is 6.27. The van der Waals surface area contributed by atoms with Gasteiger partial charge in [-0.25, -0.2) is 13.6 Å². The van der Waals surface area contributed by atoms with Gasteiger partial charge in [-0.3, -0.25) is 9.88 Å². The van der Waals surface area contributed by atoms with Crippen LogP contribution in [0.4, 0.5) is 14.5 Å². The summed E-state index contributed by atoms with van der Waals surface area (Å²) in [5.41, 5.74) is 5.70. The third-order valence-corrected chi connectivity index (χ3v) is 12.6. The van der Waals surface area contributed by atoms with E-state index < -0.39 is 17.4 Å². The van der Waals surface area contributed by atoms with Crippen molar-refractivity contribution in [3.63, 3.8) is 0 Å². The maximum Gasteiger partial charge on any atom is 0.329 e. The van der Waals surface area contributed by atoms with Crippen LogP contribution in [0.25, 0.3) is 0 Å². The maximum atomic E-state index is 13.9. The Bertz CT molecular complexity index is 1700. The van der Waals surface area contributed by atoms with Gasteiger partial charge in [-0.15, -0.1) is 0 Å². The molecule has 7 rings (SSSR count). The second kappa shape index (κ2) is 14.1.